The zero-order valence-corrected chi connectivity index (χ0v) is 11.6. The fourth-order valence-electron chi connectivity index (χ4n) is 2.11. The standard InChI is InChI=1S/C13H14BrNO3/c1-8(13(17)18)12(16)15-6-5-9-3-2-4-11(14)10(9)7-15/h2-4,8H,5-7H2,1H3,(H,17,18). The SMILES string of the molecule is CC(C(=O)O)C(=O)N1CCc2cccc(Br)c2C1. The molecular formula is C13H14BrNO3. The molecule has 1 amide bonds. The molecule has 5 heteroatoms. The quantitative estimate of drug-likeness (QED) is 0.851. The number of halogens is 1. The lowest BCUT2D eigenvalue weighted by Gasteiger charge is -2.30. The van der Waals surface area contributed by atoms with Crippen molar-refractivity contribution in [3.8, 4) is 0 Å². The molecule has 0 aliphatic carbocycles. The van der Waals surface area contributed by atoms with E-state index in [-0.39, 0.29) is 5.91 Å². The highest BCUT2D eigenvalue weighted by molar-refractivity contribution is 9.10. The maximum atomic E-state index is 12.0. The summed E-state index contributed by atoms with van der Waals surface area (Å²) in [5, 5.41) is 8.88. The first-order valence-corrected chi connectivity index (χ1v) is 6.58. The predicted molar refractivity (Wildman–Crippen MR) is 70.1 cm³/mol. The minimum absolute atomic E-state index is 0.316. The van der Waals surface area contributed by atoms with Crippen LogP contribution in [0.3, 0.4) is 0 Å². The summed E-state index contributed by atoms with van der Waals surface area (Å²) in [6, 6.07) is 5.95. The van der Waals surface area contributed by atoms with Crippen LogP contribution >= 0.6 is 15.9 Å². The molecule has 1 aromatic rings. The largest absolute Gasteiger partial charge is 0.481 e. The molecule has 0 fully saturated rings. The van der Waals surface area contributed by atoms with Gasteiger partial charge in [0.2, 0.25) is 5.91 Å². The lowest BCUT2D eigenvalue weighted by Crippen LogP contribution is -2.41. The Balaban J connectivity index is 2.19. The molecule has 1 N–H and O–H groups in total. The van der Waals surface area contributed by atoms with Crippen molar-refractivity contribution < 1.29 is 14.7 Å². The van der Waals surface area contributed by atoms with Crippen LogP contribution in [0.25, 0.3) is 0 Å². The third-order valence-electron chi connectivity index (χ3n) is 3.27. The van der Waals surface area contributed by atoms with Crippen molar-refractivity contribution in [2.75, 3.05) is 6.54 Å². The highest BCUT2D eigenvalue weighted by Crippen LogP contribution is 2.27. The van der Waals surface area contributed by atoms with Gasteiger partial charge in [-0.1, -0.05) is 28.1 Å². The van der Waals surface area contributed by atoms with E-state index in [1.165, 1.54) is 12.5 Å². The molecule has 4 nitrogen and oxygen atoms in total. The van der Waals surface area contributed by atoms with Gasteiger partial charge in [-0.25, -0.2) is 0 Å². The lowest BCUT2D eigenvalue weighted by atomic mass is 9.98. The van der Waals surface area contributed by atoms with Crippen molar-refractivity contribution in [3.63, 3.8) is 0 Å². The molecular weight excluding hydrogens is 298 g/mol. The van der Waals surface area contributed by atoms with Crippen LogP contribution in [0, 0.1) is 5.92 Å². The van der Waals surface area contributed by atoms with Gasteiger partial charge in [0.15, 0.2) is 0 Å². The zero-order valence-electron chi connectivity index (χ0n) is 10.0. The topological polar surface area (TPSA) is 57.6 Å². The van der Waals surface area contributed by atoms with E-state index in [2.05, 4.69) is 15.9 Å². The van der Waals surface area contributed by atoms with Gasteiger partial charge in [0, 0.05) is 17.6 Å². The number of carboxylic acid groups (broad SMARTS) is 1. The predicted octanol–water partition coefficient (Wildman–Crippen LogP) is 2.05. The first-order chi connectivity index (χ1) is 8.50. The Labute approximate surface area is 114 Å². The zero-order chi connectivity index (χ0) is 13.3. The van der Waals surface area contributed by atoms with Crippen LogP contribution in [0.4, 0.5) is 0 Å². The first kappa shape index (κ1) is 13.1. The molecule has 18 heavy (non-hydrogen) atoms. The first-order valence-electron chi connectivity index (χ1n) is 5.78. The van der Waals surface area contributed by atoms with Crippen LogP contribution in [0.5, 0.6) is 0 Å². The van der Waals surface area contributed by atoms with E-state index in [1.807, 2.05) is 18.2 Å². The smallest absolute Gasteiger partial charge is 0.315 e. The van der Waals surface area contributed by atoms with Gasteiger partial charge in [0.1, 0.15) is 5.92 Å². The average molecular weight is 312 g/mol. The van der Waals surface area contributed by atoms with Crippen molar-refractivity contribution in [1.82, 2.24) is 4.90 Å². The van der Waals surface area contributed by atoms with Crippen LogP contribution in [0.1, 0.15) is 18.1 Å². The van der Waals surface area contributed by atoms with Gasteiger partial charge < -0.3 is 10.0 Å². The molecule has 1 aromatic carbocycles. The van der Waals surface area contributed by atoms with Gasteiger partial charge in [0.25, 0.3) is 0 Å². The Hall–Kier alpha value is -1.36. The Bertz CT molecular complexity index is 501. The van der Waals surface area contributed by atoms with Crippen LogP contribution in [0.15, 0.2) is 22.7 Å². The summed E-state index contributed by atoms with van der Waals surface area (Å²) in [4.78, 5) is 24.4. The average Bonchev–Trinajstić information content (AvgIpc) is 2.37. The number of amides is 1. The van der Waals surface area contributed by atoms with Crippen molar-refractivity contribution >= 4 is 27.8 Å². The number of carboxylic acids is 1. The van der Waals surface area contributed by atoms with E-state index in [9.17, 15) is 9.59 Å². The van der Waals surface area contributed by atoms with Gasteiger partial charge in [-0.2, -0.15) is 0 Å². The van der Waals surface area contributed by atoms with Crippen molar-refractivity contribution in [2.45, 2.75) is 19.9 Å². The molecule has 0 bridgehead atoms. The summed E-state index contributed by atoms with van der Waals surface area (Å²) in [6.07, 6.45) is 0.771. The fourth-order valence-corrected chi connectivity index (χ4v) is 2.64. The molecule has 96 valence electrons. The second-order valence-electron chi connectivity index (χ2n) is 4.45. The highest BCUT2D eigenvalue weighted by atomic mass is 79.9. The molecule has 1 heterocycles. The molecule has 1 unspecified atom stereocenters. The molecule has 0 saturated carbocycles. The fraction of sp³-hybridized carbons (Fsp3) is 0.385. The van der Waals surface area contributed by atoms with Crippen molar-refractivity contribution in [3.05, 3.63) is 33.8 Å². The van der Waals surface area contributed by atoms with Crippen LogP contribution in [-0.4, -0.2) is 28.4 Å². The minimum atomic E-state index is -1.07. The number of hydrogen-bond acceptors (Lipinski definition) is 2. The summed E-state index contributed by atoms with van der Waals surface area (Å²) in [5.74, 6) is -2.36. The van der Waals surface area contributed by atoms with Gasteiger partial charge in [0.05, 0.1) is 0 Å². The maximum absolute atomic E-state index is 12.0. The Morgan fingerprint density at radius 2 is 2.17 bits per heavy atom. The molecule has 1 aliphatic heterocycles. The minimum Gasteiger partial charge on any atom is -0.481 e. The number of carbonyl (C=O) groups is 2. The lowest BCUT2D eigenvalue weighted by molar-refractivity contribution is -0.150. The second kappa shape index (κ2) is 5.10. The third kappa shape index (κ3) is 2.41. The van der Waals surface area contributed by atoms with E-state index in [4.69, 9.17) is 5.11 Å². The number of aliphatic carboxylic acids is 1. The summed E-state index contributed by atoms with van der Waals surface area (Å²) < 4.78 is 0.973. The van der Waals surface area contributed by atoms with E-state index >= 15 is 0 Å². The molecule has 2 rings (SSSR count). The molecule has 0 saturated heterocycles. The molecule has 0 radical (unpaired) electrons. The van der Waals surface area contributed by atoms with Crippen LogP contribution < -0.4 is 0 Å². The van der Waals surface area contributed by atoms with E-state index in [0.717, 1.165) is 16.5 Å². The third-order valence-corrected chi connectivity index (χ3v) is 4.01. The summed E-state index contributed by atoms with van der Waals surface area (Å²) in [6.45, 7) is 2.49. The van der Waals surface area contributed by atoms with Gasteiger partial charge >= 0.3 is 5.97 Å². The normalized spacial score (nSPS) is 16.0. The summed E-state index contributed by atoms with van der Waals surface area (Å²) in [7, 11) is 0. The molecule has 1 aliphatic rings. The molecule has 1 atom stereocenters. The van der Waals surface area contributed by atoms with Gasteiger partial charge in [-0.3, -0.25) is 9.59 Å². The van der Waals surface area contributed by atoms with E-state index in [1.54, 1.807) is 4.90 Å². The monoisotopic (exact) mass is 311 g/mol. The molecule has 0 spiro atoms. The van der Waals surface area contributed by atoms with Crippen molar-refractivity contribution in [1.29, 1.82) is 0 Å². The Morgan fingerprint density at radius 3 is 2.83 bits per heavy atom. The van der Waals surface area contributed by atoms with Crippen LogP contribution in [0.2, 0.25) is 0 Å². The number of hydrogen-bond donors (Lipinski definition) is 1. The maximum Gasteiger partial charge on any atom is 0.315 e. The van der Waals surface area contributed by atoms with Crippen LogP contribution in [-0.2, 0) is 22.6 Å². The van der Waals surface area contributed by atoms with Crippen molar-refractivity contribution in [2.24, 2.45) is 5.92 Å². The number of benzene rings is 1. The molecule has 0 aromatic heterocycles. The second-order valence-corrected chi connectivity index (χ2v) is 5.30. The highest BCUT2D eigenvalue weighted by Gasteiger charge is 2.29. The number of fused-ring (bicyclic) bond motifs is 1. The number of rotatable bonds is 2. The number of carbonyl (C=O) groups excluding carboxylic acids is 1. The summed E-state index contributed by atoms with van der Waals surface area (Å²) in [5.41, 5.74) is 2.30. The Morgan fingerprint density at radius 1 is 1.44 bits per heavy atom. The van der Waals surface area contributed by atoms with Gasteiger partial charge in [-0.15, -0.1) is 0 Å². The van der Waals surface area contributed by atoms with E-state index < -0.39 is 11.9 Å². The summed E-state index contributed by atoms with van der Waals surface area (Å²) >= 11 is 3.47. The number of nitrogens with zero attached hydrogens (tertiary/aromatic N) is 1. The van der Waals surface area contributed by atoms with Gasteiger partial charge in [-0.05, 0) is 30.5 Å². The Kier molecular flexibility index (Phi) is 3.71. The van der Waals surface area contributed by atoms with E-state index in [0.29, 0.717) is 13.1 Å².